The molecule has 0 aliphatic carbocycles. The molecule has 134 valence electrons. The molecule has 2 atom stereocenters. The molecule has 3 N–H and O–H groups in total. The molecule has 0 aromatic carbocycles. The third-order valence-corrected chi connectivity index (χ3v) is 5.89. The standard InChI is InChI=1S/C15H29N3O4S/c19-15(14-11-13(12-17-14)23(20,21)22)18-9-5-1-3-7-16-8-4-2-6-10-18/h13-14,16-17H,1-12H2,(H,20,21,22)/t13-,14-/m0/s1. The summed E-state index contributed by atoms with van der Waals surface area (Å²) in [6.07, 6.45) is 6.52. The van der Waals surface area contributed by atoms with Crippen LogP contribution in [0.1, 0.15) is 44.9 Å². The van der Waals surface area contributed by atoms with E-state index in [-0.39, 0.29) is 18.9 Å². The largest absolute Gasteiger partial charge is 0.341 e. The lowest BCUT2D eigenvalue weighted by Crippen LogP contribution is -2.44. The van der Waals surface area contributed by atoms with Crippen LogP contribution in [-0.2, 0) is 14.9 Å². The highest BCUT2D eigenvalue weighted by Crippen LogP contribution is 2.17. The van der Waals surface area contributed by atoms with Crippen molar-refractivity contribution in [3.63, 3.8) is 0 Å². The van der Waals surface area contributed by atoms with Crippen molar-refractivity contribution < 1.29 is 17.8 Å². The summed E-state index contributed by atoms with van der Waals surface area (Å²) in [5.41, 5.74) is 0. The van der Waals surface area contributed by atoms with Gasteiger partial charge in [0.1, 0.15) is 5.25 Å². The van der Waals surface area contributed by atoms with Crippen molar-refractivity contribution in [2.75, 3.05) is 32.7 Å². The highest BCUT2D eigenvalue weighted by molar-refractivity contribution is 7.86. The zero-order valence-corrected chi connectivity index (χ0v) is 14.5. The summed E-state index contributed by atoms with van der Waals surface area (Å²) in [6, 6.07) is -0.489. The van der Waals surface area contributed by atoms with E-state index >= 15 is 0 Å². The smallest absolute Gasteiger partial charge is 0.269 e. The van der Waals surface area contributed by atoms with E-state index in [1.54, 1.807) is 0 Å². The van der Waals surface area contributed by atoms with E-state index in [9.17, 15) is 13.2 Å². The molecule has 0 bridgehead atoms. The molecule has 0 aromatic rings. The van der Waals surface area contributed by atoms with Crippen LogP contribution < -0.4 is 10.6 Å². The molecule has 0 radical (unpaired) electrons. The molecular formula is C15H29N3O4S. The number of nitrogens with zero attached hydrogens (tertiary/aromatic N) is 1. The summed E-state index contributed by atoms with van der Waals surface area (Å²) in [5, 5.41) is 5.52. The molecule has 0 spiro atoms. The first-order chi connectivity index (χ1) is 11.0. The van der Waals surface area contributed by atoms with Crippen molar-refractivity contribution in [1.82, 2.24) is 15.5 Å². The van der Waals surface area contributed by atoms with Crippen LogP contribution >= 0.6 is 0 Å². The molecule has 0 aromatic heterocycles. The maximum absolute atomic E-state index is 12.7. The van der Waals surface area contributed by atoms with Crippen LogP contribution in [0.15, 0.2) is 0 Å². The average molecular weight is 347 g/mol. The number of hydrogen-bond donors (Lipinski definition) is 3. The van der Waals surface area contributed by atoms with Gasteiger partial charge in [-0.3, -0.25) is 9.35 Å². The predicted molar refractivity (Wildman–Crippen MR) is 88.9 cm³/mol. The molecule has 2 aliphatic rings. The Bertz CT molecular complexity index is 471. The number of hydrogen-bond acceptors (Lipinski definition) is 5. The SMILES string of the molecule is O=C([C@@H]1C[C@H](S(=O)(=O)O)CN1)N1CCCCCNCCCCC1. The predicted octanol–water partition coefficient (Wildman–Crippen LogP) is 0.377. The fourth-order valence-corrected chi connectivity index (χ4v) is 4.00. The van der Waals surface area contributed by atoms with E-state index in [1.807, 2.05) is 4.90 Å². The minimum atomic E-state index is -4.07. The van der Waals surface area contributed by atoms with Gasteiger partial charge in [0.2, 0.25) is 5.91 Å². The molecule has 1 amide bonds. The Morgan fingerprint density at radius 3 is 2.13 bits per heavy atom. The lowest BCUT2D eigenvalue weighted by molar-refractivity contribution is -0.133. The zero-order valence-electron chi connectivity index (χ0n) is 13.7. The molecule has 0 unspecified atom stereocenters. The van der Waals surface area contributed by atoms with Crippen molar-refractivity contribution in [2.24, 2.45) is 0 Å². The third kappa shape index (κ3) is 6.02. The molecule has 8 heteroatoms. The highest BCUT2D eigenvalue weighted by Gasteiger charge is 2.37. The van der Waals surface area contributed by atoms with Gasteiger partial charge in [-0.25, -0.2) is 0 Å². The van der Waals surface area contributed by atoms with Crippen molar-refractivity contribution in [3.05, 3.63) is 0 Å². The van der Waals surface area contributed by atoms with Crippen LogP contribution in [0.2, 0.25) is 0 Å². The van der Waals surface area contributed by atoms with Gasteiger partial charge in [0, 0.05) is 19.6 Å². The van der Waals surface area contributed by atoms with Gasteiger partial charge in [-0.15, -0.1) is 0 Å². The second kappa shape index (κ2) is 8.96. The fraction of sp³-hybridized carbons (Fsp3) is 0.933. The number of amides is 1. The van der Waals surface area contributed by atoms with Gasteiger partial charge in [-0.2, -0.15) is 8.42 Å². The van der Waals surface area contributed by atoms with Gasteiger partial charge in [0.25, 0.3) is 10.1 Å². The topological polar surface area (TPSA) is 98.7 Å². The zero-order chi connectivity index (χ0) is 16.7. The van der Waals surface area contributed by atoms with E-state index in [0.29, 0.717) is 0 Å². The van der Waals surface area contributed by atoms with Crippen LogP contribution in [-0.4, -0.2) is 67.8 Å². The van der Waals surface area contributed by atoms with Crippen molar-refractivity contribution >= 4 is 16.0 Å². The van der Waals surface area contributed by atoms with E-state index < -0.39 is 21.4 Å². The summed E-state index contributed by atoms with van der Waals surface area (Å²) in [5.74, 6) is -0.0219. The molecule has 7 nitrogen and oxygen atoms in total. The molecule has 2 rings (SSSR count). The Morgan fingerprint density at radius 1 is 1.00 bits per heavy atom. The van der Waals surface area contributed by atoms with Gasteiger partial charge < -0.3 is 15.5 Å². The Labute approximate surface area is 138 Å². The number of carbonyl (C=O) groups is 1. The van der Waals surface area contributed by atoms with Crippen LogP contribution in [0, 0.1) is 0 Å². The van der Waals surface area contributed by atoms with Gasteiger partial charge >= 0.3 is 0 Å². The van der Waals surface area contributed by atoms with Crippen LogP contribution in [0.25, 0.3) is 0 Å². The lowest BCUT2D eigenvalue weighted by Gasteiger charge is -2.26. The normalized spacial score (nSPS) is 28.8. The summed E-state index contributed by atoms with van der Waals surface area (Å²) >= 11 is 0. The Balaban J connectivity index is 1.89. The van der Waals surface area contributed by atoms with Gasteiger partial charge in [0.15, 0.2) is 0 Å². The highest BCUT2D eigenvalue weighted by atomic mass is 32.2. The maximum atomic E-state index is 12.7. The minimum absolute atomic E-state index is 0.0219. The molecule has 2 saturated heterocycles. The van der Waals surface area contributed by atoms with E-state index in [4.69, 9.17) is 4.55 Å². The Kier molecular flexibility index (Phi) is 7.26. The quantitative estimate of drug-likeness (QED) is 0.625. The Morgan fingerprint density at radius 2 is 1.61 bits per heavy atom. The summed E-state index contributed by atoms with van der Waals surface area (Å²) in [6.45, 7) is 3.68. The number of nitrogens with one attached hydrogen (secondary N) is 2. The summed E-state index contributed by atoms with van der Waals surface area (Å²) < 4.78 is 31.6. The molecule has 23 heavy (non-hydrogen) atoms. The molecular weight excluding hydrogens is 318 g/mol. The number of rotatable bonds is 2. The molecule has 2 heterocycles. The molecule has 2 fully saturated rings. The van der Waals surface area contributed by atoms with E-state index in [0.717, 1.165) is 64.7 Å². The maximum Gasteiger partial charge on any atom is 0.269 e. The van der Waals surface area contributed by atoms with E-state index in [2.05, 4.69) is 10.6 Å². The summed E-state index contributed by atoms with van der Waals surface area (Å²) in [7, 11) is -4.07. The van der Waals surface area contributed by atoms with Crippen LogP contribution in [0.4, 0.5) is 0 Å². The van der Waals surface area contributed by atoms with E-state index in [1.165, 1.54) is 0 Å². The van der Waals surface area contributed by atoms with Gasteiger partial charge in [-0.05, 0) is 45.2 Å². The van der Waals surface area contributed by atoms with Crippen LogP contribution in [0.5, 0.6) is 0 Å². The Hall–Kier alpha value is -0.700. The first-order valence-corrected chi connectivity index (χ1v) is 10.2. The fourth-order valence-electron chi connectivity index (χ4n) is 3.25. The van der Waals surface area contributed by atoms with Gasteiger partial charge in [0.05, 0.1) is 6.04 Å². The average Bonchev–Trinajstić information content (AvgIpc) is 2.97. The second-order valence-electron chi connectivity index (χ2n) is 6.53. The monoisotopic (exact) mass is 347 g/mol. The first kappa shape index (κ1) is 18.6. The van der Waals surface area contributed by atoms with Gasteiger partial charge in [-0.1, -0.05) is 12.8 Å². The number of carbonyl (C=O) groups excluding carboxylic acids is 1. The summed E-state index contributed by atoms with van der Waals surface area (Å²) in [4.78, 5) is 14.5. The first-order valence-electron chi connectivity index (χ1n) is 8.67. The molecule has 2 aliphatic heterocycles. The minimum Gasteiger partial charge on any atom is -0.341 e. The van der Waals surface area contributed by atoms with Crippen LogP contribution in [0.3, 0.4) is 0 Å². The van der Waals surface area contributed by atoms with Crippen molar-refractivity contribution in [1.29, 1.82) is 0 Å². The van der Waals surface area contributed by atoms with Crippen molar-refractivity contribution in [3.8, 4) is 0 Å². The second-order valence-corrected chi connectivity index (χ2v) is 8.23. The molecule has 0 saturated carbocycles. The lowest BCUT2D eigenvalue weighted by atomic mass is 10.1. The van der Waals surface area contributed by atoms with Crippen molar-refractivity contribution in [2.45, 2.75) is 56.2 Å². The third-order valence-electron chi connectivity index (χ3n) is 4.68.